The van der Waals surface area contributed by atoms with Crippen LogP contribution in [-0.2, 0) is 9.53 Å². The van der Waals surface area contributed by atoms with Gasteiger partial charge in [0.15, 0.2) is 0 Å². The Morgan fingerprint density at radius 3 is 2.26 bits per heavy atom. The average molecular weight is 272 g/mol. The fourth-order valence-electron chi connectivity index (χ4n) is 2.20. The summed E-state index contributed by atoms with van der Waals surface area (Å²) in [6.45, 7) is 13.1. The first-order chi connectivity index (χ1) is 8.71. The minimum Gasteiger partial charge on any atom is -0.383 e. The van der Waals surface area contributed by atoms with Crippen LogP contribution in [0, 0.1) is 17.3 Å². The number of amides is 1. The third-order valence-electron chi connectivity index (χ3n) is 2.96. The third-order valence-corrected chi connectivity index (χ3v) is 2.96. The zero-order valence-electron chi connectivity index (χ0n) is 13.5. The van der Waals surface area contributed by atoms with Crippen molar-refractivity contribution in [1.82, 2.24) is 4.90 Å². The number of hydrogen-bond acceptors (Lipinski definition) is 3. The lowest BCUT2D eigenvalue weighted by Crippen LogP contribution is -2.43. The van der Waals surface area contributed by atoms with E-state index in [1.165, 1.54) is 0 Å². The number of carbonyl (C=O) groups excluding carboxylic acids is 1. The Morgan fingerprint density at radius 2 is 1.89 bits per heavy atom. The van der Waals surface area contributed by atoms with Crippen molar-refractivity contribution in [1.29, 1.82) is 0 Å². The highest BCUT2D eigenvalue weighted by Gasteiger charge is 2.27. The number of nitrogens with two attached hydrogens (primary N) is 1. The number of hydrogen-bond donors (Lipinski definition) is 1. The normalized spacial score (nSPS) is 13.7. The van der Waals surface area contributed by atoms with Gasteiger partial charge in [0, 0.05) is 26.7 Å². The van der Waals surface area contributed by atoms with Crippen molar-refractivity contribution in [3.05, 3.63) is 0 Å². The molecule has 19 heavy (non-hydrogen) atoms. The van der Waals surface area contributed by atoms with Gasteiger partial charge in [-0.15, -0.1) is 0 Å². The van der Waals surface area contributed by atoms with Crippen LogP contribution in [0.3, 0.4) is 0 Å². The molecule has 0 aromatic rings. The summed E-state index contributed by atoms with van der Waals surface area (Å²) in [6, 6.07) is 0. The predicted molar refractivity (Wildman–Crippen MR) is 79.9 cm³/mol. The molecule has 0 aromatic carbocycles. The number of methoxy groups -OCH3 is 1. The highest BCUT2D eigenvalue weighted by atomic mass is 16.5. The zero-order valence-corrected chi connectivity index (χ0v) is 13.5. The summed E-state index contributed by atoms with van der Waals surface area (Å²) in [5.74, 6) is 0.535. The molecular formula is C15H32N2O2. The van der Waals surface area contributed by atoms with Crippen LogP contribution >= 0.6 is 0 Å². The van der Waals surface area contributed by atoms with Crippen LogP contribution in [0.1, 0.15) is 41.0 Å². The van der Waals surface area contributed by atoms with Gasteiger partial charge in [0.25, 0.3) is 0 Å². The maximum absolute atomic E-state index is 12.6. The molecule has 0 fully saturated rings. The van der Waals surface area contributed by atoms with Crippen molar-refractivity contribution in [2.45, 2.75) is 41.0 Å². The molecule has 4 nitrogen and oxygen atoms in total. The van der Waals surface area contributed by atoms with Crippen molar-refractivity contribution >= 4 is 5.91 Å². The van der Waals surface area contributed by atoms with Gasteiger partial charge < -0.3 is 15.4 Å². The number of carbonyl (C=O) groups is 1. The number of ether oxygens (including phenoxy) is 1. The molecule has 2 N–H and O–H groups in total. The molecule has 0 radical (unpaired) electrons. The lowest BCUT2D eigenvalue weighted by molar-refractivity contribution is -0.137. The maximum Gasteiger partial charge on any atom is 0.227 e. The van der Waals surface area contributed by atoms with E-state index in [4.69, 9.17) is 10.5 Å². The first-order valence-corrected chi connectivity index (χ1v) is 7.19. The van der Waals surface area contributed by atoms with E-state index in [0.29, 0.717) is 25.6 Å². The van der Waals surface area contributed by atoms with Crippen LogP contribution in [0.4, 0.5) is 0 Å². The van der Waals surface area contributed by atoms with E-state index < -0.39 is 0 Å². The van der Waals surface area contributed by atoms with Crippen LogP contribution < -0.4 is 5.73 Å². The third kappa shape index (κ3) is 8.22. The smallest absolute Gasteiger partial charge is 0.227 e. The van der Waals surface area contributed by atoms with Gasteiger partial charge in [-0.3, -0.25) is 4.79 Å². The Bertz CT molecular complexity index is 259. The summed E-state index contributed by atoms with van der Waals surface area (Å²) in [7, 11) is 1.66. The van der Waals surface area contributed by atoms with E-state index in [0.717, 1.165) is 13.0 Å². The molecule has 0 aliphatic heterocycles. The molecule has 0 saturated carbocycles. The molecule has 1 atom stereocenters. The molecule has 0 saturated heterocycles. The summed E-state index contributed by atoms with van der Waals surface area (Å²) >= 11 is 0. The minimum atomic E-state index is -0.0874. The largest absolute Gasteiger partial charge is 0.383 e. The monoisotopic (exact) mass is 272 g/mol. The molecule has 4 heteroatoms. The summed E-state index contributed by atoms with van der Waals surface area (Å²) in [5, 5.41) is 0. The van der Waals surface area contributed by atoms with Gasteiger partial charge in [0.2, 0.25) is 5.91 Å². The van der Waals surface area contributed by atoms with Crippen molar-refractivity contribution < 1.29 is 9.53 Å². The highest BCUT2D eigenvalue weighted by molar-refractivity contribution is 5.79. The fourth-order valence-corrected chi connectivity index (χ4v) is 2.20. The van der Waals surface area contributed by atoms with Gasteiger partial charge in [0.1, 0.15) is 0 Å². The Kier molecular flexibility index (Phi) is 8.26. The SMILES string of the molecule is COCCN(CC(C)C)C(=O)C(CN)CC(C)(C)C. The maximum atomic E-state index is 12.6. The second-order valence-corrected chi connectivity index (χ2v) is 6.87. The van der Waals surface area contributed by atoms with Gasteiger partial charge in [-0.25, -0.2) is 0 Å². The molecule has 0 aromatic heterocycles. The van der Waals surface area contributed by atoms with Crippen LogP contribution in [0.25, 0.3) is 0 Å². The van der Waals surface area contributed by atoms with Crippen LogP contribution in [0.5, 0.6) is 0 Å². The Hall–Kier alpha value is -0.610. The van der Waals surface area contributed by atoms with E-state index in [-0.39, 0.29) is 17.2 Å². The van der Waals surface area contributed by atoms with Gasteiger partial charge in [-0.1, -0.05) is 34.6 Å². The molecular weight excluding hydrogens is 240 g/mol. The van der Waals surface area contributed by atoms with Crippen molar-refractivity contribution in [2.24, 2.45) is 23.0 Å². The molecule has 1 unspecified atom stereocenters. The molecule has 1 amide bonds. The first kappa shape index (κ1) is 18.4. The van der Waals surface area contributed by atoms with Gasteiger partial charge >= 0.3 is 0 Å². The zero-order chi connectivity index (χ0) is 15.1. The summed E-state index contributed by atoms with van der Waals surface area (Å²) < 4.78 is 5.09. The van der Waals surface area contributed by atoms with Crippen molar-refractivity contribution in [3.8, 4) is 0 Å². The standard InChI is InChI=1S/C15H32N2O2/c1-12(2)11-17(7-8-19-6)14(18)13(10-16)9-15(3,4)5/h12-13H,7-11,16H2,1-6H3. The summed E-state index contributed by atoms with van der Waals surface area (Å²) in [5.41, 5.74) is 5.91. The summed E-state index contributed by atoms with van der Waals surface area (Å²) in [4.78, 5) is 14.5. The Balaban J connectivity index is 4.72. The minimum absolute atomic E-state index is 0.0874. The summed E-state index contributed by atoms with van der Waals surface area (Å²) in [6.07, 6.45) is 0.823. The Morgan fingerprint density at radius 1 is 1.32 bits per heavy atom. The highest BCUT2D eigenvalue weighted by Crippen LogP contribution is 2.25. The number of nitrogens with zero attached hydrogens (tertiary/aromatic N) is 1. The quantitative estimate of drug-likeness (QED) is 0.736. The predicted octanol–water partition coefficient (Wildman–Crippen LogP) is 2.13. The fraction of sp³-hybridized carbons (Fsp3) is 0.933. The molecule has 114 valence electrons. The van der Waals surface area contributed by atoms with Gasteiger partial charge in [-0.05, 0) is 17.8 Å². The van der Waals surface area contributed by atoms with E-state index >= 15 is 0 Å². The van der Waals surface area contributed by atoms with Crippen molar-refractivity contribution in [2.75, 3.05) is 33.4 Å². The van der Waals surface area contributed by atoms with Crippen LogP contribution in [-0.4, -0.2) is 44.2 Å². The van der Waals surface area contributed by atoms with E-state index in [1.807, 2.05) is 4.90 Å². The molecule has 0 heterocycles. The lowest BCUT2D eigenvalue weighted by Gasteiger charge is -2.31. The van der Waals surface area contributed by atoms with E-state index in [9.17, 15) is 4.79 Å². The second-order valence-electron chi connectivity index (χ2n) is 6.87. The van der Waals surface area contributed by atoms with E-state index in [1.54, 1.807) is 7.11 Å². The molecule has 0 aliphatic carbocycles. The molecule has 0 bridgehead atoms. The molecule has 0 spiro atoms. The first-order valence-electron chi connectivity index (χ1n) is 7.19. The van der Waals surface area contributed by atoms with Crippen molar-refractivity contribution in [3.63, 3.8) is 0 Å². The van der Waals surface area contributed by atoms with Crippen LogP contribution in [0.2, 0.25) is 0 Å². The van der Waals surface area contributed by atoms with E-state index in [2.05, 4.69) is 34.6 Å². The molecule has 0 rings (SSSR count). The number of rotatable bonds is 8. The lowest BCUT2D eigenvalue weighted by atomic mass is 9.84. The van der Waals surface area contributed by atoms with Crippen LogP contribution in [0.15, 0.2) is 0 Å². The average Bonchev–Trinajstić information content (AvgIpc) is 2.29. The second kappa shape index (κ2) is 8.54. The topological polar surface area (TPSA) is 55.6 Å². The van der Waals surface area contributed by atoms with Gasteiger partial charge in [0.05, 0.1) is 12.5 Å². The Labute approximate surface area is 118 Å². The van der Waals surface area contributed by atoms with Gasteiger partial charge in [-0.2, -0.15) is 0 Å². The molecule has 0 aliphatic rings.